The molecule has 3 heterocycles. The van der Waals surface area contributed by atoms with Crippen molar-refractivity contribution >= 4 is 28.2 Å². The van der Waals surface area contributed by atoms with Crippen LogP contribution in [0.4, 0.5) is 29.1 Å². The standard InChI is InChI=1S/C25H21F4N5/c1-15-31-32-23-30-22(19-14-17(26)9-10-21(19)34(15)23)33-13-5-7-18-16(6-4-8-20(18)33)11-12-24(2,3)25(27,28)29/h4,6,8-10,14H,5,7,13H2,1-3H3. The fourth-order valence-corrected chi connectivity index (χ4v) is 4.20. The fraction of sp³-hybridized carbons (Fsp3) is 0.320. The first-order valence-corrected chi connectivity index (χ1v) is 10.9. The lowest BCUT2D eigenvalue weighted by atomic mass is 9.91. The predicted molar refractivity (Wildman–Crippen MR) is 121 cm³/mol. The lowest BCUT2D eigenvalue weighted by Crippen LogP contribution is -2.30. The molecule has 0 unspecified atom stereocenters. The van der Waals surface area contributed by atoms with Gasteiger partial charge >= 0.3 is 6.18 Å². The van der Waals surface area contributed by atoms with Gasteiger partial charge in [0.1, 0.15) is 22.9 Å². The van der Waals surface area contributed by atoms with Gasteiger partial charge in [0.25, 0.3) is 5.78 Å². The first kappa shape index (κ1) is 22.1. The van der Waals surface area contributed by atoms with Gasteiger partial charge in [-0.3, -0.25) is 4.40 Å². The van der Waals surface area contributed by atoms with Crippen LogP contribution in [0.15, 0.2) is 36.4 Å². The van der Waals surface area contributed by atoms with E-state index in [1.54, 1.807) is 29.5 Å². The number of fused-ring (bicyclic) bond motifs is 4. The average molecular weight is 467 g/mol. The van der Waals surface area contributed by atoms with Crippen molar-refractivity contribution in [2.45, 2.75) is 39.8 Å². The molecular formula is C25H21F4N5. The number of rotatable bonds is 1. The van der Waals surface area contributed by atoms with Crippen molar-refractivity contribution in [1.82, 2.24) is 19.6 Å². The molecule has 9 heteroatoms. The Hall–Kier alpha value is -3.67. The summed E-state index contributed by atoms with van der Waals surface area (Å²) in [5.74, 6) is 6.32. The number of benzene rings is 2. The number of aromatic nitrogens is 4. The second-order valence-electron chi connectivity index (χ2n) is 8.91. The summed E-state index contributed by atoms with van der Waals surface area (Å²) in [5.41, 5.74) is 0.786. The van der Waals surface area contributed by atoms with Gasteiger partial charge in [0.2, 0.25) is 0 Å². The van der Waals surface area contributed by atoms with Crippen LogP contribution >= 0.6 is 0 Å². The molecule has 0 saturated carbocycles. The van der Waals surface area contributed by atoms with Gasteiger partial charge in [-0.1, -0.05) is 17.9 Å². The maximum atomic E-state index is 14.3. The molecular weight excluding hydrogens is 446 g/mol. The zero-order valence-corrected chi connectivity index (χ0v) is 18.8. The largest absolute Gasteiger partial charge is 0.404 e. The zero-order valence-electron chi connectivity index (χ0n) is 18.8. The molecule has 5 rings (SSSR count). The third kappa shape index (κ3) is 3.54. The van der Waals surface area contributed by atoms with E-state index in [4.69, 9.17) is 4.98 Å². The Bertz CT molecular complexity index is 1490. The SMILES string of the molecule is Cc1nnc2nc(N3CCCc4c(C#CC(C)(C)C(F)(F)F)cccc43)c3cc(F)ccc3n12. The number of anilines is 2. The summed E-state index contributed by atoms with van der Waals surface area (Å²) in [4.78, 5) is 6.66. The van der Waals surface area contributed by atoms with E-state index in [1.807, 2.05) is 11.0 Å². The zero-order chi connectivity index (χ0) is 24.3. The second kappa shape index (κ2) is 7.69. The van der Waals surface area contributed by atoms with Gasteiger partial charge in [-0.2, -0.15) is 18.2 Å². The first-order valence-electron chi connectivity index (χ1n) is 10.9. The predicted octanol–water partition coefficient (Wildman–Crippen LogP) is 5.75. The lowest BCUT2D eigenvalue weighted by Gasteiger charge is -2.32. The fourth-order valence-electron chi connectivity index (χ4n) is 4.20. The third-order valence-corrected chi connectivity index (χ3v) is 6.18. The lowest BCUT2D eigenvalue weighted by molar-refractivity contribution is -0.190. The monoisotopic (exact) mass is 467 g/mol. The van der Waals surface area contributed by atoms with Crippen LogP contribution in [0.25, 0.3) is 16.7 Å². The van der Waals surface area contributed by atoms with Gasteiger partial charge in [0.05, 0.1) is 5.52 Å². The highest BCUT2D eigenvalue weighted by Gasteiger charge is 2.46. The van der Waals surface area contributed by atoms with Crippen molar-refractivity contribution < 1.29 is 17.6 Å². The van der Waals surface area contributed by atoms with Crippen molar-refractivity contribution in [3.8, 4) is 11.8 Å². The molecule has 4 aromatic rings. The molecule has 0 spiro atoms. The first-order chi connectivity index (χ1) is 16.1. The van der Waals surface area contributed by atoms with E-state index < -0.39 is 17.4 Å². The Labute approximate surface area is 193 Å². The van der Waals surface area contributed by atoms with E-state index in [2.05, 4.69) is 22.0 Å². The molecule has 2 aromatic heterocycles. The number of aryl methyl sites for hydroxylation is 1. The second-order valence-corrected chi connectivity index (χ2v) is 8.91. The molecule has 0 atom stereocenters. The molecule has 1 aliphatic rings. The molecule has 0 fully saturated rings. The van der Waals surface area contributed by atoms with Crippen molar-refractivity contribution in [2.24, 2.45) is 5.41 Å². The summed E-state index contributed by atoms with van der Waals surface area (Å²) >= 11 is 0. The van der Waals surface area contributed by atoms with Gasteiger partial charge in [-0.25, -0.2) is 4.39 Å². The van der Waals surface area contributed by atoms with Gasteiger partial charge in [-0.05, 0) is 69.5 Å². The van der Waals surface area contributed by atoms with Crippen LogP contribution in [0.1, 0.15) is 37.2 Å². The van der Waals surface area contributed by atoms with Gasteiger partial charge in [0.15, 0.2) is 0 Å². The minimum atomic E-state index is -4.43. The Morgan fingerprint density at radius 3 is 2.62 bits per heavy atom. The molecule has 5 nitrogen and oxygen atoms in total. The molecule has 0 aliphatic carbocycles. The van der Waals surface area contributed by atoms with Crippen LogP contribution < -0.4 is 4.90 Å². The molecule has 0 amide bonds. The molecule has 0 N–H and O–H groups in total. The summed E-state index contributed by atoms with van der Waals surface area (Å²) in [6.07, 6.45) is -3.02. The van der Waals surface area contributed by atoms with Crippen LogP contribution in [0.5, 0.6) is 0 Å². The van der Waals surface area contributed by atoms with E-state index in [9.17, 15) is 17.6 Å². The number of halogens is 4. The summed E-state index contributed by atoms with van der Waals surface area (Å²) in [7, 11) is 0. The molecule has 174 valence electrons. The minimum Gasteiger partial charge on any atom is -0.325 e. The maximum absolute atomic E-state index is 14.3. The van der Waals surface area contributed by atoms with Crippen LogP contribution in [-0.2, 0) is 6.42 Å². The van der Waals surface area contributed by atoms with E-state index in [1.165, 1.54) is 12.1 Å². The third-order valence-electron chi connectivity index (χ3n) is 6.18. The molecule has 34 heavy (non-hydrogen) atoms. The molecule has 0 saturated heterocycles. The summed E-state index contributed by atoms with van der Waals surface area (Å²) < 4.78 is 56.0. The van der Waals surface area contributed by atoms with Crippen molar-refractivity contribution in [3.05, 3.63) is 59.2 Å². The highest BCUT2D eigenvalue weighted by molar-refractivity contribution is 5.94. The number of hydrogen-bond acceptors (Lipinski definition) is 4. The van der Waals surface area contributed by atoms with Gasteiger partial charge in [0, 0.05) is 23.2 Å². The van der Waals surface area contributed by atoms with Crippen LogP contribution in [0.3, 0.4) is 0 Å². The minimum absolute atomic E-state index is 0.390. The molecule has 0 bridgehead atoms. The Morgan fingerprint density at radius 2 is 1.85 bits per heavy atom. The number of alkyl halides is 3. The Morgan fingerprint density at radius 1 is 1.06 bits per heavy atom. The van der Waals surface area contributed by atoms with Crippen LogP contribution in [-0.4, -0.2) is 32.3 Å². The van der Waals surface area contributed by atoms with E-state index >= 15 is 0 Å². The van der Waals surface area contributed by atoms with Crippen LogP contribution in [0.2, 0.25) is 0 Å². The quantitative estimate of drug-likeness (QED) is 0.264. The summed E-state index contributed by atoms with van der Waals surface area (Å²) in [5, 5.41) is 8.86. The summed E-state index contributed by atoms with van der Waals surface area (Å²) in [6.45, 7) is 4.55. The van der Waals surface area contributed by atoms with Gasteiger partial charge < -0.3 is 4.90 Å². The normalized spacial score (nSPS) is 14.3. The highest BCUT2D eigenvalue weighted by Crippen LogP contribution is 2.39. The topological polar surface area (TPSA) is 46.3 Å². The molecule has 0 radical (unpaired) electrons. The van der Waals surface area contributed by atoms with Crippen molar-refractivity contribution in [2.75, 3.05) is 11.4 Å². The van der Waals surface area contributed by atoms with Crippen molar-refractivity contribution in [3.63, 3.8) is 0 Å². The van der Waals surface area contributed by atoms with Crippen LogP contribution in [0, 0.1) is 30.0 Å². The Kier molecular flexibility index (Phi) is 5.01. The van der Waals surface area contributed by atoms with E-state index in [0.29, 0.717) is 41.3 Å². The Balaban J connectivity index is 1.69. The number of hydrogen-bond donors (Lipinski definition) is 0. The van der Waals surface area contributed by atoms with Crippen molar-refractivity contribution in [1.29, 1.82) is 0 Å². The van der Waals surface area contributed by atoms with E-state index in [0.717, 1.165) is 37.0 Å². The smallest absolute Gasteiger partial charge is 0.325 e. The highest BCUT2D eigenvalue weighted by atomic mass is 19.4. The van der Waals surface area contributed by atoms with Gasteiger partial charge in [-0.15, -0.1) is 10.2 Å². The molecule has 2 aromatic carbocycles. The number of nitrogens with zero attached hydrogens (tertiary/aromatic N) is 5. The summed E-state index contributed by atoms with van der Waals surface area (Å²) in [6, 6.07) is 9.87. The maximum Gasteiger partial charge on any atom is 0.404 e. The average Bonchev–Trinajstić information content (AvgIpc) is 3.16. The molecule has 1 aliphatic heterocycles. The van der Waals surface area contributed by atoms with E-state index in [-0.39, 0.29) is 0 Å².